The molecule has 6 unspecified atom stereocenters. The molecule has 0 aromatic carbocycles. The third-order valence-electron chi connectivity index (χ3n) is 9.26. The lowest BCUT2D eigenvalue weighted by Gasteiger charge is -2.42. The molecule has 0 aromatic rings. The fourth-order valence-corrected chi connectivity index (χ4v) is 6.82. The predicted octanol–water partition coefficient (Wildman–Crippen LogP) is 6.59. The van der Waals surface area contributed by atoms with Crippen LogP contribution in [0.1, 0.15) is 97.3 Å². The van der Waals surface area contributed by atoms with Crippen molar-refractivity contribution in [2.45, 2.75) is 116 Å². The zero-order valence-corrected chi connectivity index (χ0v) is 21.9. The molecule has 0 heterocycles. The van der Waals surface area contributed by atoms with E-state index in [9.17, 15) is 15.0 Å². The van der Waals surface area contributed by atoms with Crippen LogP contribution in [-0.2, 0) is 9.53 Å². The summed E-state index contributed by atoms with van der Waals surface area (Å²) in [6.45, 7) is 8.65. The number of carbonyl (C=O) groups excluding carboxylic acids is 1. The van der Waals surface area contributed by atoms with Gasteiger partial charge in [-0.2, -0.15) is 0 Å². The van der Waals surface area contributed by atoms with Crippen molar-refractivity contribution in [1.82, 2.24) is 0 Å². The first-order valence-corrected chi connectivity index (χ1v) is 14.1. The number of hydrogen-bond donors (Lipinski definition) is 2. The molecule has 4 saturated carbocycles. The summed E-state index contributed by atoms with van der Waals surface area (Å²) in [6, 6.07) is 0. The van der Waals surface area contributed by atoms with E-state index in [0.29, 0.717) is 42.4 Å². The van der Waals surface area contributed by atoms with Crippen LogP contribution < -0.4 is 0 Å². The number of hydrogen-bond acceptors (Lipinski definition) is 4. The number of ether oxygens (including phenoxy) is 1. The van der Waals surface area contributed by atoms with Gasteiger partial charge in [0, 0.05) is 12.8 Å². The van der Waals surface area contributed by atoms with Crippen molar-refractivity contribution in [3.05, 3.63) is 47.6 Å². The number of aliphatic hydroxyl groups is 2. The Bertz CT molecular complexity index is 863. The van der Waals surface area contributed by atoms with Gasteiger partial charge in [-0.25, -0.2) is 0 Å². The Morgan fingerprint density at radius 2 is 2.03 bits per heavy atom. The van der Waals surface area contributed by atoms with E-state index in [1.165, 1.54) is 44.1 Å². The largest absolute Gasteiger partial charge is 0.458 e. The van der Waals surface area contributed by atoms with Gasteiger partial charge in [-0.05, 0) is 105 Å². The average Bonchev–Trinajstić information content (AvgIpc) is 3.61. The number of rotatable bonds is 9. The van der Waals surface area contributed by atoms with Gasteiger partial charge in [0.25, 0.3) is 0 Å². The van der Waals surface area contributed by atoms with E-state index in [4.69, 9.17) is 4.74 Å². The molecule has 0 aliphatic heterocycles. The summed E-state index contributed by atoms with van der Waals surface area (Å²) >= 11 is 0. The second-order valence-corrected chi connectivity index (χ2v) is 11.8. The first kappa shape index (κ1) is 26.4. The molecule has 4 aliphatic rings. The molecule has 0 radical (unpaired) electrons. The molecule has 2 N–H and O–H groups in total. The summed E-state index contributed by atoms with van der Waals surface area (Å²) in [7, 11) is 0. The molecule has 0 bridgehead atoms. The Morgan fingerprint density at radius 1 is 1.23 bits per heavy atom. The molecule has 35 heavy (non-hydrogen) atoms. The van der Waals surface area contributed by atoms with Gasteiger partial charge >= 0.3 is 5.97 Å². The molecule has 4 nitrogen and oxygen atoms in total. The molecule has 0 aromatic heterocycles. The van der Waals surface area contributed by atoms with Gasteiger partial charge in [0.1, 0.15) is 6.10 Å². The second-order valence-electron chi connectivity index (χ2n) is 11.8. The van der Waals surface area contributed by atoms with Crippen LogP contribution in [0.3, 0.4) is 0 Å². The Hall–Kier alpha value is -1.65. The summed E-state index contributed by atoms with van der Waals surface area (Å²) in [6.07, 6.45) is 20.7. The van der Waals surface area contributed by atoms with E-state index < -0.39 is 12.2 Å². The van der Waals surface area contributed by atoms with Gasteiger partial charge in [0.15, 0.2) is 0 Å². The van der Waals surface area contributed by atoms with Crippen molar-refractivity contribution in [2.24, 2.45) is 23.2 Å². The van der Waals surface area contributed by atoms with Crippen LogP contribution in [0.25, 0.3) is 0 Å². The fraction of sp³-hybridized carbons (Fsp3) is 0.710. The molecule has 4 aliphatic carbocycles. The number of esters is 1. The number of allylic oxidation sites excluding steroid dienone is 4. The second kappa shape index (κ2) is 11.6. The predicted molar refractivity (Wildman–Crippen MR) is 141 cm³/mol. The highest BCUT2D eigenvalue weighted by molar-refractivity contribution is 5.69. The molecule has 4 heteroatoms. The van der Waals surface area contributed by atoms with Crippen LogP contribution in [0.15, 0.2) is 47.6 Å². The minimum absolute atomic E-state index is 0.0351. The molecule has 4 fully saturated rings. The van der Waals surface area contributed by atoms with E-state index in [1.54, 1.807) is 0 Å². The van der Waals surface area contributed by atoms with E-state index in [-0.39, 0.29) is 12.1 Å². The van der Waals surface area contributed by atoms with Crippen LogP contribution in [0.5, 0.6) is 0 Å². The van der Waals surface area contributed by atoms with E-state index in [2.05, 4.69) is 44.7 Å². The number of fused-ring (bicyclic) bond motifs is 1. The molecule has 0 spiro atoms. The lowest BCUT2D eigenvalue weighted by atomic mass is 9.63. The number of carbonyl (C=O) groups is 1. The molecular formula is C31H46O4. The summed E-state index contributed by atoms with van der Waals surface area (Å²) in [5.41, 5.74) is 3.59. The van der Waals surface area contributed by atoms with Crippen molar-refractivity contribution in [2.75, 3.05) is 0 Å². The summed E-state index contributed by atoms with van der Waals surface area (Å²) < 4.78 is 5.82. The molecule has 6 atom stereocenters. The van der Waals surface area contributed by atoms with Crippen LogP contribution in [0, 0.1) is 23.2 Å². The van der Waals surface area contributed by atoms with Crippen molar-refractivity contribution in [3.8, 4) is 0 Å². The van der Waals surface area contributed by atoms with Gasteiger partial charge in [-0.3, -0.25) is 4.79 Å². The van der Waals surface area contributed by atoms with Gasteiger partial charge in [0.05, 0.1) is 12.2 Å². The van der Waals surface area contributed by atoms with Gasteiger partial charge < -0.3 is 14.9 Å². The van der Waals surface area contributed by atoms with Gasteiger partial charge in [-0.15, -0.1) is 0 Å². The fourth-order valence-electron chi connectivity index (χ4n) is 6.82. The molecular weight excluding hydrogens is 436 g/mol. The van der Waals surface area contributed by atoms with E-state index in [0.717, 1.165) is 36.8 Å². The normalized spacial score (nSPS) is 36.6. The smallest absolute Gasteiger partial charge is 0.306 e. The van der Waals surface area contributed by atoms with Gasteiger partial charge in [0.2, 0.25) is 0 Å². The number of aliphatic hydroxyl groups excluding tert-OH is 2. The number of unbranched alkanes of at least 4 members (excludes halogenated alkanes) is 1. The maximum atomic E-state index is 12.2. The molecule has 0 amide bonds. The Morgan fingerprint density at radius 3 is 2.77 bits per heavy atom. The standard InChI is InChI=1S/C31H46O4/c1-4-5-11-30(34)35-29(23-13-14-23)10-6-9-25-16-17-27-22(8-7-18-31(25,27)3)12-15-24-19-26(32)20-28(33)21(24)2/h6,10,12,15,23,25-29,32-33H,2,4-5,7-9,11,13-14,16-20H2,1,3H3/b10-6+,22-12+,24-15-. The monoisotopic (exact) mass is 482 g/mol. The zero-order valence-electron chi connectivity index (χ0n) is 21.9. The first-order valence-electron chi connectivity index (χ1n) is 14.1. The quantitative estimate of drug-likeness (QED) is 0.287. The van der Waals surface area contributed by atoms with E-state index in [1.807, 2.05) is 0 Å². The molecule has 4 rings (SSSR count). The first-order chi connectivity index (χ1) is 16.8. The lowest BCUT2D eigenvalue weighted by Crippen LogP contribution is -2.33. The maximum absolute atomic E-state index is 12.2. The van der Waals surface area contributed by atoms with Crippen LogP contribution in [0.4, 0.5) is 0 Å². The van der Waals surface area contributed by atoms with Crippen LogP contribution in [0.2, 0.25) is 0 Å². The highest BCUT2D eigenvalue weighted by Gasteiger charge is 2.48. The van der Waals surface area contributed by atoms with Crippen molar-refractivity contribution in [1.29, 1.82) is 0 Å². The summed E-state index contributed by atoms with van der Waals surface area (Å²) in [4.78, 5) is 12.2. The maximum Gasteiger partial charge on any atom is 0.306 e. The van der Waals surface area contributed by atoms with Crippen molar-refractivity contribution < 1.29 is 19.7 Å². The lowest BCUT2D eigenvalue weighted by molar-refractivity contribution is -0.147. The summed E-state index contributed by atoms with van der Waals surface area (Å²) in [5, 5.41) is 20.3. The molecule has 0 saturated heterocycles. The van der Waals surface area contributed by atoms with Crippen LogP contribution in [-0.4, -0.2) is 34.5 Å². The topological polar surface area (TPSA) is 66.8 Å². The Kier molecular flexibility index (Phi) is 8.76. The Labute approximate surface area is 212 Å². The highest BCUT2D eigenvalue weighted by atomic mass is 16.5. The Balaban J connectivity index is 1.39. The average molecular weight is 483 g/mol. The van der Waals surface area contributed by atoms with Crippen molar-refractivity contribution >= 4 is 5.97 Å². The zero-order chi connectivity index (χ0) is 25.0. The third kappa shape index (κ3) is 6.38. The molecule has 194 valence electrons. The SMILES string of the molecule is C=C1/C(=C\C=C2/CCCC3(C)C(C/C=C/C(OC(=O)CCCC)C4CC4)CCC23)CC(O)CC1O. The minimum atomic E-state index is -0.631. The van der Waals surface area contributed by atoms with Crippen LogP contribution >= 0.6 is 0 Å². The van der Waals surface area contributed by atoms with Gasteiger partial charge in [-0.1, -0.05) is 50.6 Å². The van der Waals surface area contributed by atoms with Crippen molar-refractivity contribution in [3.63, 3.8) is 0 Å². The third-order valence-corrected chi connectivity index (χ3v) is 9.26. The highest BCUT2D eigenvalue weighted by Crippen LogP contribution is 2.58. The minimum Gasteiger partial charge on any atom is -0.458 e. The van der Waals surface area contributed by atoms with E-state index >= 15 is 0 Å². The summed E-state index contributed by atoms with van der Waals surface area (Å²) in [5.74, 6) is 1.74.